The van der Waals surface area contributed by atoms with E-state index in [1.54, 1.807) is 6.07 Å². The lowest BCUT2D eigenvalue weighted by molar-refractivity contribution is 0.0797. The molecular formula is C28H39FN2OS. The molecule has 0 N–H and O–H groups in total. The zero-order valence-electron chi connectivity index (χ0n) is 20.5. The number of carbonyl (C=O) groups is 1. The number of likely N-dealkylation sites (tertiary alicyclic amines) is 2. The molecule has 0 bridgehead atoms. The monoisotopic (exact) mass is 470 g/mol. The maximum Gasteiger partial charge on any atom is 0.264 e. The van der Waals surface area contributed by atoms with Crippen LogP contribution in [0.1, 0.15) is 91.9 Å². The number of hydrogen-bond donors (Lipinski definition) is 0. The second kappa shape index (κ2) is 11.1. The van der Waals surface area contributed by atoms with Crippen LogP contribution >= 0.6 is 11.3 Å². The molecule has 5 heteroatoms. The highest BCUT2D eigenvalue weighted by molar-refractivity contribution is 7.17. The van der Waals surface area contributed by atoms with Gasteiger partial charge in [0.25, 0.3) is 5.91 Å². The summed E-state index contributed by atoms with van der Waals surface area (Å²) in [6, 6.07) is 8.55. The van der Waals surface area contributed by atoms with Crippen molar-refractivity contribution in [2.24, 2.45) is 0 Å². The largest absolute Gasteiger partial charge is 0.338 e. The van der Waals surface area contributed by atoms with Gasteiger partial charge in [-0.25, -0.2) is 4.39 Å². The number of benzene rings is 1. The predicted octanol–water partition coefficient (Wildman–Crippen LogP) is 7.25. The molecule has 1 saturated carbocycles. The highest BCUT2D eigenvalue weighted by atomic mass is 32.1. The van der Waals surface area contributed by atoms with Crippen molar-refractivity contribution < 1.29 is 9.18 Å². The molecule has 33 heavy (non-hydrogen) atoms. The maximum absolute atomic E-state index is 15.1. The Morgan fingerprint density at radius 2 is 1.61 bits per heavy atom. The lowest BCUT2D eigenvalue weighted by Gasteiger charge is -2.36. The van der Waals surface area contributed by atoms with E-state index in [0.717, 1.165) is 84.3 Å². The van der Waals surface area contributed by atoms with E-state index < -0.39 is 0 Å². The molecule has 0 atom stereocenters. The van der Waals surface area contributed by atoms with E-state index in [2.05, 4.69) is 11.0 Å². The molecule has 2 saturated heterocycles. The van der Waals surface area contributed by atoms with Gasteiger partial charge in [-0.3, -0.25) is 4.79 Å². The summed E-state index contributed by atoms with van der Waals surface area (Å²) in [4.78, 5) is 19.2. The highest BCUT2D eigenvalue weighted by Crippen LogP contribution is 2.37. The molecule has 2 aliphatic heterocycles. The normalized spacial score (nSPS) is 20.2. The first-order chi connectivity index (χ1) is 16.1. The second-order valence-electron chi connectivity index (χ2n) is 9.61. The smallest absolute Gasteiger partial charge is 0.264 e. The van der Waals surface area contributed by atoms with Crippen LogP contribution in [0.4, 0.5) is 4.39 Å². The number of piperidine rings is 1. The average molecular weight is 471 g/mol. The first-order valence-corrected chi connectivity index (χ1v) is 13.9. The SMILES string of the molecule is CC.Cc1cc(-c2ccc(C3CCN(C4CCCC4)CC3)c(F)c2)sc1C(=O)N1CCCC1. The predicted molar refractivity (Wildman–Crippen MR) is 137 cm³/mol. The quantitative estimate of drug-likeness (QED) is 0.470. The molecule has 0 radical (unpaired) electrons. The average Bonchev–Trinajstić information content (AvgIpc) is 3.62. The molecule has 1 aliphatic carbocycles. The molecule has 2 aromatic rings. The Hall–Kier alpha value is -1.72. The van der Waals surface area contributed by atoms with Crippen LogP contribution in [0.5, 0.6) is 0 Å². The Morgan fingerprint density at radius 1 is 0.939 bits per heavy atom. The molecule has 3 nitrogen and oxygen atoms in total. The van der Waals surface area contributed by atoms with Gasteiger partial charge in [0.2, 0.25) is 0 Å². The zero-order chi connectivity index (χ0) is 23.4. The summed E-state index contributed by atoms with van der Waals surface area (Å²) in [5.74, 6) is 0.372. The topological polar surface area (TPSA) is 23.6 Å². The zero-order valence-corrected chi connectivity index (χ0v) is 21.4. The van der Waals surface area contributed by atoms with Crippen LogP contribution in [0.2, 0.25) is 0 Å². The van der Waals surface area contributed by atoms with E-state index in [1.165, 1.54) is 37.0 Å². The van der Waals surface area contributed by atoms with E-state index in [4.69, 9.17) is 0 Å². The first kappa shape index (κ1) is 24.4. The van der Waals surface area contributed by atoms with Gasteiger partial charge in [-0.2, -0.15) is 0 Å². The van der Waals surface area contributed by atoms with Gasteiger partial charge in [0.1, 0.15) is 5.82 Å². The van der Waals surface area contributed by atoms with Crippen molar-refractivity contribution >= 4 is 17.2 Å². The number of carbonyl (C=O) groups excluding carboxylic acids is 1. The Bertz CT molecular complexity index is 935. The summed E-state index contributed by atoms with van der Waals surface area (Å²) >= 11 is 1.51. The maximum atomic E-state index is 15.1. The Kier molecular flexibility index (Phi) is 8.24. The fourth-order valence-corrected chi connectivity index (χ4v) is 6.89. The number of halogens is 1. The lowest BCUT2D eigenvalue weighted by atomic mass is 9.87. The van der Waals surface area contributed by atoms with E-state index in [-0.39, 0.29) is 11.7 Å². The third-order valence-corrected chi connectivity index (χ3v) is 8.87. The van der Waals surface area contributed by atoms with Crippen LogP contribution < -0.4 is 0 Å². The summed E-state index contributed by atoms with van der Waals surface area (Å²) in [5.41, 5.74) is 2.76. The summed E-state index contributed by atoms with van der Waals surface area (Å²) in [7, 11) is 0. The number of nitrogens with zero attached hydrogens (tertiary/aromatic N) is 2. The molecule has 180 valence electrons. The minimum absolute atomic E-state index is 0.0877. The molecule has 1 aromatic carbocycles. The summed E-state index contributed by atoms with van der Waals surface area (Å²) in [5, 5.41) is 0. The first-order valence-electron chi connectivity index (χ1n) is 13.0. The fraction of sp³-hybridized carbons (Fsp3) is 0.607. The van der Waals surface area contributed by atoms with Crippen molar-refractivity contribution in [1.82, 2.24) is 9.80 Å². The van der Waals surface area contributed by atoms with Gasteiger partial charge in [0.05, 0.1) is 4.88 Å². The van der Waals surface area contributed by atoms with Crippen molar-refractivity contribution in [1.29, 1.82) is 0 Å². The number of rotatable bonds is 4. The molecular weight excluding hydrogens is 431 g/mol. The summed E-state index contributed by atoms with van der Waals surface area (Å²) in [6.45, 7) is 9.90. The van der Waals surface area contributed by atoms with E-state index in [1.807, 2.05) is 37.8 Å². The number of aryl methyl sites for hydroxylation is 1. The second-order valence-corrected chi connectivity index (χ2v) is 10.7. The van der Waals surface area contributed by atoms with Gasteiger partial charge in [0.15, 0.2) is 0 Å². The Balaban J connectivity index is 0.00000126. The van der Waals surface area contributed by atoms with Crippen LogP contribution in [-0.4, -0.2) is 47.9 Å². The standard InChI is InChI=1S/C26H33FN2OS.C2H6/c1-18-16-24(31-25(18)26(30)29-12-4-5-13-29)20-8-9-22(23(27)17-20)19-10-14-28(15-11-19)21-6-2-3-7-21;1-2/h8-9,16-17,19,21H,2-7,10-15H2,1H3;1-2H3. The van der Waals surface area contributed by atoms with Gasteiger partial charge in [-0.15, -0.1) is 11.3 Å². The molecule has 0 unspecified atom stereocenters. The van der Waals surface area contributed by atoms with Crippen molar-refractivity contribution in [2.75, 3.05) is 26.2 Å². The van der Waals surface area contributed by atoms with Crippen molar-refractivity contribution in [3.63, 3.8) is 0 Å². The van der Waals surface area contributed by atoms with E-state index in [9.17, 15) is 4.79 Å². The minimum Gasteiger partial charge on any atom is -0.338 e. The van der Waals surface area contributed by atoms with E-state index in [0.29, 0.717) is 5.92 Å². The van der Waals surface area contributed by atoms with Crippen molar-refractivity contribution in [3.05, 3.63) is 46.1 Å². The Labute approximate surface area is 203 Å². The van der Waals surface area contributed by atoms with Gasteiger partial charge in [-0.1, -0.05) is 38.8 Å². The van der Waals surface area contributed by atoms with Gasteiger partial charge < -0.3 is 9.80 Å². The van der Waals surface area contributed by atoms with E-state index >= 15 is 4.39 Å². The van der Waals surface area contributed by atoms with Crippen LogP contribution in [-0.2, 0) is 0 Å². The number of amides is 1. The molecule has 3 aliphatic rings. The van der Waals surface area contributed by atoms with Gasteiger partial charge in [-0.05, 0) is 93.3 Å². The van der Waals surface area contributed by atoms with Crippen LogP contribution in [0.25, 0.3) is 10.4 Å². The molecule has 0 spiro atoms. The van der Waals surface area contributed by atoms with Gasteiger partial charge >= 0.3 is 0 Å². The third-order valence-electron chi connectivity index (χ3n) is 7.60. The lowest BCUT2D eigenvalue weighted by Crippen LogP contribution is -2.39. The molecule has 5 rings (SSSR count). The highest BCUT2D eigenvalue weighted by Gasteiger charge is 2.29. The summed E-state index contributed by atoms with van der Waals surface area (Å²) < 4.78 is 15.1. The van der Waals surface area contributed by atoms with Gasteiger partial charge in [0, 0.05) is 24.0 Å². The minimum atomic E-state index is -0.0877. The summed E-state index contributed by atoms with van der Waals surface area (Å²) in [6.07, 6.45) is 9.72. The molecule has 3 fully saturated rings. The fourth-order valence-electron chi connectivity index (χ4n) is 5.76. The van der Waals surface area contributed by atoms with Crippen LogP contribution in [0, 0.1) is 12.7 Å². The van der Waals surface area contributed by atoms with Crippen LogP contribution in [0.15, 0.2) is 24.3 Å². The number of thiophene rings is 1. The molecule has 1 aromatic heterocycles. The molecule has 1 amide bonds. The number of hydrogen-bond acceptors (Lipinski definition) is 3. The van der Waals surface area contributed by atoms with Crippen molar-refractivity contribution in [2.45, 2.75) is 84.1 Å². The molecule has 3 heterocycles. The Morgan fingerprint density at radius 3 is 2.24 bits per heavy atom. The third kappa shape index (κ3) is 5.35. The van der Waals surface area contributed by atoms with Crippen LogP contribution in [0.3, 0.4) is 0 Å². The van der Waals surface area contributed by atoms with Crippen molar-refractivity contribution in [3.8, 4) is 10.4 Å².